The number of piperazine rings is 1. The summed E-state index contributed by atoms with van der Waals surface area (Å²) in [6.45, 7) is 5.32. The van der Waals surface area contributed by atoms with Crippen LogP contribution in [0.5, 0.6) is 0 Å². The van der Waals surface area contributed by atoms with Gasteiger partial charge in [0.2, 0.25) is 0 Å². The summed E-state index contributed by atoms with van der Waals surface area (Å²) in [4.78, 5) is 15.9. The van der Waals surface area contributed by atoms with E-state index in [1.807, 2.05) is 26.0 Å². The molecule has 1 saturated heterocycles. The largest absolute Gasteiger partial charge is 0.340 e. The Balaban J connectivity index is 1.62. The number of rotatable bonds is 6. The number of allylic oxidation sites excluding steroid dienone is 2. The molecule has 2 aliphatic heterocycles. The van der Waals surface area contributed by atoms with E-state index in [9.17, 15) is 13.2 Å². The van der Waals surface area contributed by atoms with Gasteiger partial charge >= 0.3 is 6.03 Å². The molecule has 2 amide bonds. The molecule has 0 spiro atoms. The average molecular weight is 467 g/mol. The van der Waals surface area contributed by atoms with Gasteiger partial charge in [-0.2, -0.15) is 17.0 Å². The summed E-state index contributed by atoms with van der Waals surface area (Å²) in [5, 5.41) is 0. The molecule has 11 heteroatoms. The molecule has 0 aromatic heterocycles. The molecule has 0 saturated carbocycles. The first-order valence-electron chi connectivity index (χ1n) is 10.5. The molecule has 0 radical (unpaired) electrons. The zero-order chi connectivity index (χ0) is 23.5. The van der Waals surface area contributed by atoms with E-state index in [0.717, 1.165) is 0 Å². The van der Waals surface area contributed by atoms with Crippen LogP contribution >= 0.6 is 0 Å². The molecule has 32 heavy (non-hydrogen) atoms. The van der Waals surface area contributed by atoms with Gasteiger partial charge < -0.3 is 0 Å². The Labute approximate surface area is 189 Å². The van der Waals surface area contributed by atoms with Gasteiger partial charge in [-0.15, -0.1) is 0 Å². The van der Waals surface area contributed by atoms with Gasteiger partial charge in [-0.1, -0.05) is 24.3 Å². The van der Waals surface area contributed by atoms with Crippen molar-refractivity contribution >= 4 is 21.9 Å². The zero-order valence-corrected chi connectivity index (χ0v) is 19.6. The number of nitrogens with one attached hydrogen (secondary N) is 2. The van der Waals surface area contributed by atoms with Crippen molar-refractivity contribution in [3.05, 3.63) is 54.0 Å². The van der Waals surface area contributed by atoms with Gasteiger partial charge in [0.25, 0.3) is 10.2 Å². The van der Waals surface area contributed by atoms with Gasteiger partial charge in [0.05, 0.1) is 11.7 Å². The fraction of sp³-hybridized carbons (Fsp3) is 0.476. The molecule has 0 aliphatic carbocycles. The van der Waals surface area contributed by atoms with Crippen LogP contribution in [0.3, 0.4) is 0 Å². The second-order valence-corrected chi connectivity index (χ2v) is 10.3. The standard InChI is InChI=1S/C21H31FN6O3S/c1-16-8-5-6-11-28(16)21(29)24-23-19-10-7-9-18(20(19)22)15-26-12-13-27(14-17(26)2)32(30,31)25(3)4/h5-11,16-17,23H,12-15H2,1-4H3,(H,24,29)/t16?,17-/m1/s1. The molecule has 0 bridgehead atoms. The third-order valence-corrected chi connectivity index (χ3v) is 7.60. The first kappa shape index (κ1) is 24.2. The van der Waals surface area contributed by atoms with Crippen LogP contribution in [-0.4, -0.2) is 78.7 Å². The number of benzene rings is 1. The van der Waals surface area contributed by atoms with E-state index < -0.39 is 22.1 Å². The molecule has 2 heterocycles. The van der Waals surface area contributed by atoms with Crippen LogP contribution in [0, 0.1) is 5.82 Å². The normalized spacial score (nSPS) is 22.4. The molecular weight excluding hydrogens is 435 g/mol. The first-order chi connectivity index (χ1) is 15.1. The molecular formula is C21H31FN6O3S. The molecule has 9 nitrogen and oxygen atoms in total. The molecule has 1 aromatic rings. The quantitative estimate of drug-likeness (QED) is 0.626. The van der Waals surface area contributed by atoms with E-state index in [-0.39, 0.29) is 17.8 Å². The number of hydrogen-bond acceptors (Lipinski definition) is 5. The molecule has 176 valence electrons. The van der Waals surface area contributed by atoms with E-state index in [4.69, 9.17) is 0 Å². The van der Waals surface area contributed by atoms with Gasteiger partial charge in [-0.05, 0) is 26.0 Å². The number of carbonyl (C=O) groups is 1. The van der Waals surface area contributed by atoms with E-state index in [1.54, 1.807) is 30.5 Å². The van der Waals surface area contributed by atoms with Crippen LogP contribution in [0.2, 0.25) is 0 Å². The molecule has 2 N–H and O–H groups in total. The monoisotopic (exact) mass is 466 g/mol. The Hall–Kier alpha value is -2.47. The molecule has 1 fully saturated rings. The Morgan fingerprint density at radius 2 is 1.97 bits per heavy atom. The van der Waals surface area contributed by atoms with Crippen molar-refractivity contribution in [2.45, 2.75) is 32.5 Å². The zero-order valence-electron chi connectivity index (χ0n) is 18.8. The van der Waals surface area contributed by atoms with E-state index in [0.29, 0.717) is 31.7 Å². The lowest BCUT2D eigenvalue weighted by molar-refractivity contribution is 0.118. The predicted molar refractivity (Wildman–Crippen MR) is 122 cm³/mol. The van der Waals surface area contributed by atoms with Crippen LogP contribution in [0.15, 0.2) is 42.6 Å². The minimum absolute atomic E-state index is 0.0744. The highest BCUT2D eigenvalue weighted by Gasteiger charge is 2.32. The van der Waals surface area contributed by atoms with Gasteiger partial charge in [-0.25, -0.2) is 9.18 Å². The highest BCUT2D eigenvalue weighted by Crippen LogP contribution is 2.22. The number of nitrogens with zero attached hydrogens (tertiary/aromatic N) is 4. The minimum atomic E-state index is -3.47. The van der Waals surface area contributed by atoms with E-state index in [1.165, 1.54) is 27.6 Å². The first-order valence-corrected chi connectivity index (χ1v) is 11.9. The van der Waals surface area contributed by atoms with Crippen molar-refractivity contribution in [1.29, 1.82) is 0 Å². The summed E-state index contributed by atoms with van der Waals surface area (Å²) in [6.07, 6.45) is 7.16. The van der Waals surface area contributed by atoms with Crippen molar-refractivity contribution in [2.24, 2.45) is 0 Å². The van der Waals surface area contributed by atoms with Gasteiger partial charge in [0.1, 0.15) is 0 Å². The highest BCUT2D eigenvalue weighted by atomic mass is 32.2. The number of amides is 2. The second-order valence-electron chi connectivity index (χ2n) is 8.18. The SMILES string of the molecule is CC1C=CC=CN1C(=O)NNc1cccc(CN2CCN(S(=O)(=O)N(C)C)C[C@H]2C)c1F. The minimum Gasteiger partial charge on any atom is -0.294 e. The number of anilines is 1. The topological polar surface area (TPSA) is 88.2 Å². The summed E-state index contributed by atoms with van der Waals surface area (Å²) in [5.41, 5.74) is 5.84. The summed E-state index contributed by atoms with van der Waals surface area (Å²) in [5.74, 6) is -0.453. The van der Waals surface area contributed by atoms with Crippen LogP contribution in [-0.2, 0) is 16.8 Å². The number of urea groups is 1. The van der Waals surface area contributed by atoms with Crippen LogP contribution in [0.1, 0.15) is 19.4 Å². The summed E-state index contributed by atoms with van der Waals surface area (Å²) in [7, 11) is -0.446. The number of hydrogen-bond donors (Lipinski definition) is 2. The molecule has 2 atom stereocenters. The van der Waals surface area contributed by atoms with Gasteiger partial charge in [0.15, 0.2) is 5.82 Å². The molecule has 3 rings (SSSR count). The maximum atomic E-state index is 15.1. The average Bonchev–Trinajstić information content (AvgIpc) is 2.75. The van der Waals surface area contributed by atoms with Gasteiger partial charge in [0, 0.05) is 58.1 Å². The fourth-order valence-electron chi connectivity index (χ4n) is 3.69. The molecule has 2 aliphatic rings. The van der Waals surface area contributed by atoms with Gasteiger partial charge in [-0.3, -0.25) is 20.7 Å². The number of halogens is 1. The highest BCUT2D eigenvalue weighted by molar-refractivity contribution is 7.86. The lowest BCUT2D eigenvalue weighted by atomic mass is 10.1. The van der Waals surface area contributed by atoms with Crippen molar-refractivity contribution < 1.29 is 17.6 Å². The Kier molecular flexibility index (Phi) is 7.55. The Morgan fingerprint density at radius 3 is 2.62 bits per heavy atom. The second kappa shape index (κ2) is 9.99. The third kappa shape index (κ3) is 5.29. The van der Waals surface area contributed by atoms with Crippen LogP contribution < -0.4 is 10.9 Å². The van der Waals surface area contributed by atoms with Crippen molar-refractivity contribution in [1.82, 2.24) is 23.8 Å². The smallest absolute Gasteiger partial charge is 0.294 e. The number of hydrazine groups is 1. The third-order valence-electron chi connectivity index (χ3n) is 5.69. The predicted octanol–water partition coefficient (Wildman–Crippen LogP) is 1.95. The molecule has 1 unspecified atom stereocenters. The Bertz CT molecular complexity index is 997. The summed E-state index contributed by atoms with van der Waals surface area (Å²) < 4.78 is 42.5. The number of carbonyl (C=O) groups excluding carboxylic acids is 1. The lowest BCUT2D eigenvalue weighted by Crippen LogP contribution is -2.55. The van der Waals surface area contributed by atoms with E-state index >= 15 is 4.39 Å². The summed E-state index contributed by atoms with van der Waals surface area (Å²) >= 11 is 0. The lowest BCUT2D eigenvalue weighted by Gasteiger charge is -2.40. The van der Waals surface area contributed by atoms with Crippen LogP contribution in [0.4, 0.5) is 14.9 Å². The van der Waals surface area contributed by atoms with E-state index in [2.05, 4.69) is 15.8 Å². The maximum absolute atomic E-state index is 15.1. The fourth-order valence-corrected chi connectivity index (χ4v) is 4.87. The van der Waals surface area contributed by atoms with Crippen LogP contribution in [0.25, 0.3) is 0 Å². The van der Waals surface area contributed by atoms with Crippen molar-refractivity contribution in [3.8, 4) is 0 Å². The van der Waals surface area contributed by atoms with Crippen molar-refractivity contribution in [2.75, 3.05) is 39.2 Å². The molecule has 1 aromatic carbocycles. The Morgan fingerprint density at radius 1 is 1.22 bits per heavy atom. The maximum Gasteiger partial charge on any atom is 0.340 e. The van der Waals surface area contributed by atoms with Crippen molar-refractivity contribution in [3.63, 3.8) is 0 Å². The summed E-state index contributed by atoms with van der Waals surface area (Å²) in [6, 6.07) is 4.40.